The molecule has 0 bridgehead atoms. The third-order valence-electron chi connectivity index (χ3n) is 10.5. The fraction of sp³-hybridized carbons (Fsp3) is 0. The van der Waals surface area contributed by atoms with Crippen LogP contribution in [0.2, 0.25) is 0 Å². The Hall–Kier alpha value is -7.63. The molecule has 0 radical (unpaired) electrons. The van der Waals surface area contributed by atoms with Crippen LogP contribution in [0.15, 0.2) is 197 Å². The van der Waals surface area contributed by atoms with E-state index in [1.165, 1.54) is 0 Å². The van der Waals surface area contributed by atoms with E-state index in [1.54, 1.807) is 0 Å². The monoisotopic (exact) mass is 717 g/mol. The maximum atomic E-state index is 6.76. The van der Waals surface area contributed by atoms with Crippen LogP contribution >= 0.6 is 0 Å². The highest BCUT2D eigenvalue weighted by Crippen LogP contribution is 2.41. The van der Waals surface area contributed by atoms with Crippen molar-refractivity contribution in [2.75, 3.05) is 0 Å². The molecule has 0 aliphatic rings. The number of nitrogens with zero attached hydrogens (tertiary/aromatic N) is 3. The van der Waals surface area contributed by atoms with E-state index in [9.17, 15) is 0 Å². The molecule has 0 saturated carbocycles. The Morgan fingerprint density at radius 2 is 0.696 bits per heavy atom. The number of rotatable bonds is 6. The summed E-state index contributed by atoms with van der Waals surface area (Å²) in [6.07, 6.45) is 0. The fourth-order valence-corrected chi connectivity index (χ4v) is 7.86. The van der Waals surface area contributed by atoms with Gasteiger partial charge in [0.2, 0.25) is 0 Å². The number of hydrogen-bond acceptors (Lipinski definition) is 5. The predicted octanol–water partition coefficient (Wildman–Crippen LogP) is 13.7. The van der Waals surface area contributed by atoms with Crippen LogP contribution in [0.3, 0.4) is 0 Å². The van der Waals surface area contributed by atoms with E-state index in [-0.39, 0.29) is 0 Å². The fourth-order valence-electron chi connectivity index (χ4n) is 7.86. The van der Waals surface area contributed by atoms with Crippen LogP contribution in [-0.4, -0.2) is 15.0 Å². The van der Waals surface area contributed by atoms with Gasteiger partial charge >= 0.3 is 0 Å². The van der Waals surface area contributed by atoms with Crippen molar-refractivity contribution < 1.29 is 8.83 Å². The lowest BCUT2D eigenvalue weighted by molar-refractivity contribution is 0.669. The van der Waals surface area contributed by atoms with Crippen LogP contribution in [0.5, 0.6) is 0 Å². The Balaban J connectivity index is 1.02. The Bertz CT molecular complexity index is 3250. The SMILES string of the molecule is c1ccc(-c2nc(-c3cccc(-c4cccc(-c5cccc6c5oc5c(-c7ccccc7)cccc56)c4)c3)nc(-c3cccc4c3oc3ccccc34)n2)cc1. The van der Waals surface area contributed by atoms with Gasteiger partial charge in [-0.1, -0.05) is 164 Å². The standard InChI is InChI=1S/C51H31N3O2/c1-3-14-32(15-4-1)38-23-11-26-42-43-27-12-24-39(47(43)56-46(38)42)36-20-9-18-34(30-36)35-19-10-21-37(31-35)50-52-49(33-16-5-2-6-17-33)53-51(54-50)44-28-13-25-41-40-22-7-8-29-45(40)55-48(41)44/h1-31H. The summed E-state index contributed by atoms with van der Waals surface area (Å²) in [7, 11) is 0. The molecule has 3 heterocycles. The smallest absolute Gasteiger partial charge is 0.167 e. The molecule has 0 amide bonds. The molecule has 8 aromatic carbocycles. The first-order valence-electron chi connectivity index (χ1n) is 18.7. The third kappa shape index (κ3) is 5.37. The normalized spacial score (nSPS) is 11.6. The summed E-state index contributed by atoms with van der Waals surface area (Å²) in [5, 5.41) is 4.29. The largest absolute Gasteiger partial charge is 0.455 e. The molecule has 0 unspecified atom stereocenters. The molecule has 0 aliphatic carbocycles. The van der Waals surface area contributed by atoms with Gasteiger partial charge in [0, 0.05) is 43.8 Å². The minimum Gasteiger partial charge on any atom is -0.455 e. The summed E-state index contributed by atoms with van der Waals surface area (Å²) in [4.78, 5) is 15.2. The van der Waals surface area contributed by atoms with Gasteiger partial charge in [-0.2, -0.15) is 0 Å². The van der Waals surface area contributed by atoms with Crippen molar-refractivity contribution in [3.05, 3.63) is 188 Å². The Morgan fingerprint density at radius 3 is 1.39 bits per heavy atom. The second-order valence-corrected chi connectivity index (χ2v) is 13.9. The molecule has 0 spiro atoms. The van der Waals surface area contributed by atoms with E-state index in [2.05, 4.69) is 121 Å². The number of furan rings is 2. The summed E-state index contributed by atoms with van der Waals surface area (Å²) in [5.74, 6) is 1.74. The van der Waals surface area contributed by atoms with E-state index in [0.717, 1.165) is 93.9 Å². The molecule has 56 heavy (non-hydrogen) atoms. The van der Waals surface area contributed by atoms with Gasteiger partial charge in [0.1, 0.15) is 22.3 Å². The van der Waals surface area contributed by atoms with Crippen molar-refractivity contribution in [1.82, 2.24) is 15.0 Å². The lowest BCUT2D eigenvalue weighted by atomic mass is 9.96. The van der Waals surface area contributed by atoms with Crippen LogP contribution in [0.25, 0.3) is 111 Å². The van der Waals surface area contributed by atoms with E-state index < -0.39 is 0 Å². The number of fused-ring (bicyclic) bond motifs is 6. The second-order valence-electron chi connectivity index (χ2n) is 13.9. The predicted molar refractivity (Wildman–Crippen MR) is 227 cm³/mol. The molecule has 0 N–H and O–H groups in total. The van der Waals surface area contributed by atoms with Gasteiger partial charge < -0.3 is 8.83 Å². The average molecular weight is 718 g/mol. The topological polar surface area (TPSA) is 65.0 Å². The Kier molecular flexibility index (Phi) is 7.42. The molecule has 5 heteroatoms. The minimum atomic E-state index is 0.556. The van der Waals surface area contributed by atoms with Crippen LogP contribution in [0, 0.1) is 0 Å². The lowest BCUT2D eigenvalue weighted by Crippen LogP contribution is -2.00. The van der Waals surface area contributed by atoms with Crippen LogP contribution in [-0.2, 0) is 0 Å². The van der Waals surface area contributed by atoms with Crippen molar-refractivity contribution in [3.8, 4) is 67.5 Å². The molecule has 262 valence electrons. The van der Waals surface area contributed by atoms with Gasteiger partial charge in [-0.15, -0.1) is 0 Å². The first-order chi connectivity index (χ1) is 27.7. The molecule has 0 saturated heterocycles. The summed E-state index contributed by atoms with van der Waals surface area (Å²) in [6.45, 7) is 0. The number of hydrogen-bond donors (Lipinski definition) is 0. The summed E-state index contributed by atoms with van der Waals surface area (Å²) >= 11 is 0. The minimum absolute atomic E-state index is 0.556. The summed E-state index contributed by atoms with van der Waals surface area (Å²) < 4.78 is 13.2. The zero-order chi connectivity index (χ0) is 37.0. The van der Waals surface area contributed by atoms with Crippen molar-refractivity contribution in [2.45, 2.75) is 0 Å². The highest BCUT2D eigenvalue weighted by molar-refractivity contribution is 6.13. The van der Waals surface area contributed by atoms with Crippen molar-refractivity contribution >= 4 is 43.9 Å². The van der Waals surface area contributed by atoms with E-state index >= 15 is 0 Å². The van der Waals surface area contributed by atoms with E-state index in [4.69, 9.17) is 23.8 Å². The first kappa shape index (κ1) is 31.9. The molecular formula is C51H31N3O2. The molecular weight excluding hydrogens is 687 g/mol. The Morgan fingerprint density at radius 1 is 0.268 bits per heavy atom. The molecule has 0 fully saturated rings. The maximum absolute atomic E-state index is 6.76. The highest BCUT2D eigenvalue weighted by Gasteiger charge is 2.19. The third-order valence-corrected chi connectivity index (χ3v) is 10.5. The average Bonchev–Trinajstić information content (AvgIpc) is 3.86. The number of benzene rings is 8. The van der Waals surface area contributed by atoms with E-state index in [1.807, 2.05) is 66.7 Å². The van der Waals surface area contributed by atoms with E-state index in [0.29, 0.717) is 17.5 Å². The van der Waals surface area contributed by atoms with Gasteiger partial charge in [-0.25, -0.2) is 15.0 Å². The molecule has 0 aliphatic heterocycles. The first-order valence-corrected chi connectivity index (χ1v) is 18.7. The maximum Gasteiger partial charge on any atom is 0.167 e. The van der Waals surface area contributed by atoms with Crippen molar-refractivity contribution in [3.63, 3.8) is 0 Å². The zero-order valence-corrected chi connectivity index (χ0v) is 30.1. The van der Waals surface area contributed by atoms with Gasteiger partial charge in [0.25, 0.3) is 0 Å². The van der Waals surface area contributed by atoms with Gasteiger partial charge in [0.15, 0.2) is 17.5 Å². The van der Waals surface area contributed by atoms with Crippen molar-refractivity contribution in [1.29, 1.82) is 0 Å². The van der Waals surface area contributed by atoms with Gasteiger partial charge in [0.05, 0.1) is 5.56 Å². The van der Waals surface area contributed by atoms with Crippen LogP contribution in [0.4, 0.5) is 0 Å². The highest BCUT2D eigenvalue weighted by atomic mass is 16.3. The molecule has 0 atom stereocenters. The molecule has 11 rings (SSSR count). The molecule has 11 aromatic rings. The number of para-hydroxylation sites is 4. The summed E-state index contributed by atoms with van der Waals surface area (Å²) in [5.41, 5.74) is 12.4. The second kappa shape index (κ2) is 13.0. The van der Waals surface area contributed by atoms with Crippen LogP contribution in [0.1, 0.15) is 0 Å². The molecule has 3 aromatic heterocycles. The number of aromatic nitrogens is 3. The molecule has 5 nitrogen and oxygen atoms in total. The quantitative estimate of drug-likeness (QED) is 0.171. The van der Waals surface area contributed by atoms with Gasteiger partial charge in [-0.05, 0) is 46.5 Å². The van der Waals surface area contributed by atoms with Crippen LogP contribution < -0.4 is 0 Å². The zero-order valence-electron chi connectivity index (χ0n) is 30.1. The summed E-state index contributed by atoms with van der Waals surface area (Å²) in [6, 6.07) is 64.5. The Labute approximate surface area is 322 Å². The van der Waals surface area contributed by atoms with Crippen molar-refractivity contribution in [2.24, 2.45) is 0 Å². The lowest BCUT2D eigenvalue weighted by Gasteiger charge is -2.11. The van der Waals surface area contributed by atoms with Gasteiger partial charge in [-0.3, -0.25) is 0 Å².